The van der Waals surface area contributed by atoms with Crippen LogP contribution in [-0.4, -0.2) is 31.8 Å². The van der Waals surface area contributed by atoms with E-state index in [1.807, 2.05) is 67.6 Å². The van der Waals surface area contributed by atoms with Crippen LogP contribution in [0.15, 0.2) is 70.2 Å². The minimum Gasteiger partial charge on any atom is -0.490 e. The Labute approximate surface area is 219 Å². The van der Waals surface area contributed by atoms with Crippen molar-refractivity contribution in [2.45, 2.75) is 26.4 Å². The summed E-state index contributed by atoms with van der Waals surface area (Å²) in [6, 6.07) is 18.8. The first-order chi connectivity index (χ1) is 17.0. The largest absolute Gasteiger partial charge is 0.490 e. The van der Waals surface area contributed by atoms with Crippen LogP contribution < -0.4 is 19.8 Å². The number of amides is 1. The maximum atomic E-state index is 12.5. The molecule has 0 bridgehead atoms. The van der Waals surface area contributed by atoms with Crippen molar-refractivity contribution in [3.63, 3.8) is 0 Å². The number of nitrogens with zero attached hydrogens (tertiary/aromatic N) is 2. The van der Waals surface area contributed by atoms with Gasteiger partial charge >= 0.3 is 0 Å². The summed E-state index contributed by atoms with van der Waals surface area (Å²) in [5.74, 6) is 0.920. The van der Waals surface area contributed by atoms with Crippen LogP contribution in [0.5, 0.6) is 11.5 Å². The molecule has 1 heterocycles. The molecule has 6 nitrogen and oxygen atoms in total. The monoisotopic (exact) mass is 555 g/mol. The van der Waals surface area contributed by atoms with Gasteiger partial charge in [-0.05, 0) is 95.4 Å². The zero-order valence-electron chi connectivity index (χ0n) is 19.5. The Morgan fingerprint density at radius 3 is 2.49 bits per heavy atom. The summed E-state index contributed by atoms with van der Waals surface area (Å²) >= 11 is 9.52. The average Bonchev–Trinajstić information content (AvgIpc) is 3.40. The van der Waals surface area contributed by atoms with Gasteiger partial charge in [0.15, 0.2) is 11.5 Å². The van der Waals surface area contributed by atoms with Crippen molar-refractivity contribution in [2.24, 2.45) is 5.10 Å². The van der Waals surface area contributed by atoms with Crippen LogP contribution in [0.25, 0.3) is 0 Å². The Morgan fingerprint density at radius 2 is 1.80 bits per heavy atom. The van der Waals surface area contributed by atoms with Crippen molar-refractivity contribution < 1.29 is 14.3 Å². The average molecular weight is 557 g/mol. The van der Waals surface area contributed by atoms with Gasteiger partial charge in [0.2, 0.25) is 0 Å². The molecule has 1 N–H and O–H groups in total. The fourth-order valence-electron chi connectivity index (χ4n) is 3.83. The number of anilines is 1. The molecule has 3 aromatic rings. The van der Waals surface area contributed by atoms with Crippen LogP contribution in [0, 0.1) is 0 Å². The van der Waals surface area contributed by atoms with E-state index in [1.165, 1.54) is 12.8 Å². The molecule has 0 aromatic heterocycles. The molecule has 0 unspecified atom stereocenters. The van der Waals surface area contributed by atoms with Crippen LogP contribution in [0.3, 0.4) is 0 Å². The first kappa shape index (κ1) is 25.1. The van der Waals surface area contributed by atoms with Crippen molar-refractivity contribution in [1.29, 1.82) is 0 Å². The standard InChI is InChI=1S/C27H27BrClN3O3/c1-2-34-25-16-20(15-24(28)26(25)35-18-19-5-9-22(29)10-6-19)17-30-31-27(33)21-7-11-23(12-8-21)32-13-3-4-14-32/h5-12,15-17H,2-4,13-14,18H2,1H3,(H,31,33)/b30-17-. The summed E-state index contributed by atoms with van der Waals surface area (Å²) < 4.78 is 12.5. The van der Waals surface area contributed by atoms with Crippen molar-refractivity contribution in [3.05, 3.63) is 86.8 Å². The van der Waals surface area contributed by atoms with E-state index in [9.17, 15) is 4.79 Å². The molecule has 35 heavy (non-hydrogen) atoms. The summed E-state index contributed by atoms with van der Waals surface area (Å²) in [4.78, 5) is 14.8. The molecule has 1 fully saturated rings. The van der Waals surface area contributed by atoms with E-state index in [1.54, 1.807) is 6.21 Å². The van der Waals surface area contributed by atoms with Gasteiger partial charge in [-0.3, -0.25) is 4.79 Å². The fraction of sp³-hybridized carbons (Fsp3) is 0.259. The maximum absolute atomic E-state index is 12.5. The van der Waals surface area contributed by atoms with Gasteiger partial charge in [-0.15, -0.1) is 0 Å². The Kier molecular flexibility index (Phi) is 8.66. The molecule has 8 heteroatoms. The highest BCUT2D eigenvalue weighted by Gasteiger charge is 2.14. The van der Waals surface area contributed by atoms with E-state index in [0.29, 0.717) is 35.3 Å². The van der Waals surface area contributed by atoms with Gasteiger partial charge < -0.3 is 14.4 Å². The molecular weight excluding hydrogens is 530 g/mol. The lowest BCUT2D eigenvalue weighted by Gasteiger charge is -2.17. The van der Waals surface area contributed by atoms with Gasteiger partial charge in [-0.1, -0.05) is 23.7 Å². The summed E-state index contributed by atoms with van der Waals surface area (Å²) in [7, 11) is 0. The van der Waals surface area contributed by atoms with Gasteiger partial charge in [0.1, 0.15) is 6.61 Å². The molecule has 0 saturated carbocycles. The molecule has 1 saturated heterocycles. The van der Waals surface area contributed by atoms with Crippen LogP contribution in [-0.2, 0) is 6.61 Å². The smallest absolute Gasteiger partial charge is 0.271 e. The molecule has 0 aliphatic carbocycles. The second-order valence-corrected chi connectivity index (χ2v) is 9.41. The van der Waals surface area contributed by atoms with Crippen molar-refractivity contribution >= 4 is 45.3 Å². The van der Waals surface area contributed by atoms with Crippen LogP contribution >= 0.6 is 27.5 Å². The van der Waals surface area contributed by atoms with E-state index < -0.39 is 0 Å². The minimum atomic E-state index is -0.263. The van der Waals surface area contributed by atoms with E-state index in [4.69, 9.17) is 21.1 Å². The molecule has 0 spiro atoms. The first-order valence-corrected chi connectivity index (χ1v) is 12.7. The van der Waals surface area contributed by atoms with Crippen LogP contribution in [0.4, 0.5) is 5.69 Å². The first-order valence-electron chi connectivity index (χ1n) is 11.6. The molecule has 0 atom stereocenters. The number of rotatable bonds is 9. The molecule has 182 valence electrons. The summed E-state index contributed by atoms with van der Waals surface area (Å²) in [6.07, 6.45) is 4.01. The molecular formula is C27H27BrClN3O3. The van der Waals surface area contributed by atoms with Crippen molar-refractivity contribution in [2.75, 3.05) is 24.6 Å². The van der Waals surface area contributed by atoms with Gasteiger partial charge in [0.25, 0.3) is 5.91 Å². The second kappa shape index (κ2) is 12.1. The SMILES string of the molecule is CCOc1cc(/C=N\NC(=O)c2ccc(N3CCCC3)cc2)cc(Br)c1OCc1ccc(Cl)cc1. The molecule has 3 aromatic carbocycles. The Balaban J connectivity index is 1.40. The lowest BCUT2D eigenvalue weighted by molar-refractivity contribution is 0.0955. The van der Waals surface area contributed by atoms with E-state index in [0.717, 1.165) is 34.4 Å². The van der Waals surface area contributed by atoms with E-state index >= 15 is 0 Å². The number of hydrogen-bond acceptors (Lipinski definition) is 5. The zero-order chi connectivity index (χ0) is 24.6. The predicted molar refractivity (Wildman–Crippen MR) is 144 cm³/mol. The topological polar surface area (TPSA) is 63.2 Å². The van der Waals surface area contributed by atoms with Gasteiger partial charge in [0, 0.05) is 29.4 Å². The van der Waals surface area contributed by atoms with Gasteiger partial charge in [-0.25, -0.2) is 5.43 Å². The Hall–Kier alpha value is -3.03. The number of carbonyl (C=O) groups is 1. The summed E-state index contributed by atoms with van der Waals surface area (Å²) in [5.41, 5.74) is 6.05. The third-order valence-corrected chi connectivity index (χ3v) is 6.45. The number of nitrogens with one attached hydrogen (secondary N) is 1. The highest BCUT2D eigenvalue weighted by atomic mass is 79.9. The number of hydrazone groups is 1. The normalized spacial score (nSPS) is 13.3. The van der Waals surface area contributed by atoms with Gasteiger partial charge in [-0.2, -0.15) is 5.10 Å². The fourth-order valence-corrected chi connectivity index (χ4v) is 4.53. The van der Waals surface area contributed by atoms with Crippen LogP contribution in [0.2, 0.25) is 5.02 Å². The molecule has 4 rings (SSSR count). The molecule has 1 amide bonds. The predicted octanol–water partition coefficient (Wildman–Crippen LogP) is 6.44. The third kappa shape index (κ3) is 6.77. The molecule has 0 radical (unpaired) electrons. The quantitative estimate of drug-likeness (QED) is 0.243. The van der Waals surface area contributed by atoms with Crippen LogP contribution in [0.1, 0.15) is 41.3 Å². The number of halogens is 2. The van der Waals surface area contributed by atoms with Gasteiger partial charge in [0.05, 0.1) is 17.3 Å². The van der Waals surface area contributed by atoms with Crippen molar-refractivity contribution in [1.82, 2.24) is 5.43 Å². The van der Waals surface area contributed by atoms with E-state index in [2.05, 4.69) is 31.4 Å². The molecule has 1 aliphatic heterocycles. The summed E-state index contributed by atoms with van der Waals surface area (Å²) in [6.45, 7) is 4.90. The highest BCUT2D eigenvalue weighted by Crippen LogP contribution is 2.37. The van der Waals surface area contributed by atoms with Crippen molar-refractivity contribution in [3.8, 4) is 11.5 Å². The number of benzene rings is 3. The highest BCUT2D eigenvalue weighted by molar-refractivity contribution is 9.10. The number of hydrogen-bond donors (Lipinski definition) is 1. The number of ether oxygens (including phenoxy) is 2. The minimum absolute atomic E-state index is 0.263. The zero-order valence-corrected chi connectivity index (χ0v) is 21.8. The lowest BCUT2D eigenvalue weighted by atomic mass is 10.2. The summed E-state index contributed by atoms with van der Waals surface area (Å²) in [5, 5.41) is 4.81. The molecule has 1 aliphatic rings. The van der Waals surface area contributed by atoms with E-state index in [-0.39, 0.29) is 5.91 Å². The third-order valence-electron chi connectivity index (χ3n) is 5.61. The Morgan fingerprint density at radius 1 is 1.09 bits per heavy atom. The second-order valence-electron chi connectivity index (χ2n) is 8.12. The lowest BCUT2D eigenvalue weighted by Crippen LogP contribution is -2.19. The Bertz CT molecular complexity index is 1180. The number of carbonyl (C=O) groups excluding carboxylic acids is 1. The maximum Gasteiger partial charge on any atom is 0.271 e.